The molecule has 2 rings (SSSR count). The van der Waals surface area contributed by atoms with Crippen molar-refractivity contribution in [1.82, 2.24) is 0 Å². The molecule has 8 heteroatoms. The second kappa shape index (κ2) is 7.69. The number of rotatable bonds is 6. The van der Waals surface area contributed by atoms with Gasteiger partial charge in [0.1, 0.15) is 5.75 Å². The normalized spacial score (nSPS) is 10.9. The van der Waals surface area contributed by atoms with Gasteiger partial charge in [-0.05, 0) is 31.2 Å². The van der Waals surface area contributed by atoms with Crippen LogP contribution in [0.25, 0.3) is 0 Å². The number of halogens is 3. The van der Waals surface area contributed by atoms with E-state index in [0.29, 0.717) is 16.9 Å². The number of nitrogens with one attached hydrogen (secondary N) is 2. The molecule has 0 radical (unpaired) electrons. The van der Waals surface area contributed by atoms with E-state index < -0.39 is 12.3 Å². The van der Waals surface area contributed by atoms with Crippen molar-refractivity contribution in [2.75, 3.05) is 17.2 Å². The quantitative estimate of drug-likeness (QED) is 0.775. The Labute approximate surface area is 141 Å². The number of Topliss-reactive ketones (excluding diaryl/α,β-unsaturated/α-hetero) is 1. The van der Waals surface area contributed by atoms with Crippen molar-refractivity contribution in [1.29, 1.82) is 0 Å². The molecule has 25 heavy (non-hydrogen) atoms. The van der Waals surface area contributed by atoms with Gasteiger partial charge in [0.25, 0.3) is 0 Å². The van der Waals surface area contributed by atoms with Gasteiger partial charge < -0.3 is 15.4 Å². The third kappa shape index (κ3) is 6.17. The van der Waals surface area contributed by atoms with Crippen molar-refractivity contribution in [3.05, 3.63) is 54.1 Å². The van der Waals surface area contributed by atoms with Gasteiger partial charge in [-0.15, -0.1) is 13.2 Å². The minimum Gasteiger partial charge on any atom is -0.406 e. The highest BCUT2D eigenvalue weighted by Crippen LogP contribution is 2.24. The molecule has 0 bridgehead atoms. The van der Waals surface area contributed by atoms with Gasteiger partial charge in [-0.2, -0.15) is 0 Å². The second-order valence-electron chi connectivity index (χ2n) is 5.11. The zero-order valence-corrected chi connectivity index (χ0v) is 13.2. The summed E-state index contributed by atoms with van der Waals surface area (Å²) in [6, 6.07) is 11.6. The standard InChI is InChI=1S/C17H15F3N2O3/c1-11(23)12-4-2-6-14(8-12)22-16(24)10-21-13-5-3-7-15(9-13)25-17(18,19)20/h2-9,21H,10H2,1H3,(H,22,24). The Balaban J connectivity index is 1.93. The Morgan fingerprint density at radius 1 is 1.04 bits per heavy atom. The first-order valence-electron chi connectivity index (χ1n) is 7.23. The summed E-state index contributed by atoms with van der Waals surface area (Å²) in [6.07, 6.45) is -4.78. The zero-order valence-electron chi connectivity index (χ0n) is 13.2. The highest BCUT2D eigenvalue weighted by molar-refractivity contribution is 5.98. The third-order valence-corrected chi connectivity index (χ3v) is 3.07. The summed E-state index contributed by atoms with van der Waals surface area (Å²) < 4.78 is 40.4. The van der Waals surface area contributed by atoms with E-state index in [2.05, 4.69) is 15.4 Å². The van der Waals surface area contributed by atoms with Crippen LogP contribution in [0.5, 0.6) is 5.75 Å². The minimum atomic E-state index is -4.78. The maximum absolute atomic E-state index is 12.2. The number of carbonyl (C=O) groups excluding carboxylic acids is 2. The average Bonchev–Trinajstić information content (AvgIpc) is 2.52. The van der Waals surface area contributed by atoms with Crippen molar-refractivity contribution in [2.24, 2.45) is 0 Å². The number of alkyl halides is 3. The molecule has 2 aromatic carbocycles. The number of ketones is 1. The topological polar surface area (TPSA) is 67.4 Å². The molecule has 132 valence electrons. The number of amides is 1. The van der Waals surface area contributed by atoms with Crippen LogP contribution in [0.3, 0.4) is 0 Å². The molecule has 0 heterocycles. The lowest BCUT2D eigenvalue weighted by molar-refractivity contribution is -0.274. The fourth-order valence-corrected chi connectivity index (χ4v) is 2.01. The Hall–Kier alpha value is -3.03. The lowest BCUT2D eigenvalue weighted by atomic mass is 10.1. The van der Waals surface area contributed by atoms with E-state index in [4.69, 9.17) is 0 Å². The van der Waals surface area contributed by atoms with E-state index >= 15 is 0 Å². The van der Waals surface area contributed by atoms with Crippen LogP contribution >= 0.6 is 0 Å². The lowest BCUT2D eigenvalue weighted by Crippen LogP contribution is -2.22. The molecule has 0 aliphatic rings. The maximum Gasteiger partial charge on any atom is 0.573 e. The molecule has 0 saturated carbocycles. The molecular formula is C17H15F3N2O3. The van der Waals surface area contributed by atoms with Gasteiger partial charge in [0, 0.05) is 23.0 Å². The Morgan fingerprint density at radius 2 is 1.72 bits per heavy atom. The van der Waals surface area contributed by atoms with Crippen molar-refractivity contribution in [3.8, 4) is 5.75 Å². The van der Waals surface area contributed by atoms with E-state index in [1.807, 2.05) is 0 Å². The molecule has 5 nitrogen and oxygen atoms in total. The fourth-order valence-electron chi connectivity index (χ4n) is 2.01. The summed E-state index contributed by atoms with van der Waals surface area (Å²) in [5.41, 5.74) is 1.21. The second-order valence-corrected chi connectivity index (χ2v) is 5.11. The molecule has 0 saturated heterocycles. The molecule has 0 aliphatic heterocycles. The van der Waals surface area contributed by atoms with Crippen molar-refractivity contribution in [2.45, 2.75) is 13.3 Å². The van der Waals surface area contributed by atoms with Crippen LogP contribution in [0.4, 0.5) is 24.5 Å². The molecule has 0 fully saturated rings. The van der Waals surface area contributed by atoms with E-state index in [1.54, 1.807) is 18.2 Å². The van der Waals surface area contributed by atoms with Crippen LogP contribution in [0.1, 0.15) is 17.3 Å². The molecule has 2 N–H and O–H groups in total. The third-order valence-electron chi connectivity index (χ3n) is 3.07. The number of anilines is 2. The highest BCUT2D eigenvalue weighted by Gasteiger charge is 2.31. The molecule has 0 unspecified atom stereocenters. The zero-order chi connectivity index (χ0) is 18.4. The molecule has 2 aromatic rings. The van der Waals surface area contributed by atoms with Gasteiger partial charge in [-0.25, -0.2) is 0 Å². The monoisotopic (exact) mass is 352 g/mol. The molecule has 0 atom stereocenters. The van der Waals surface area contributed by atoms with Crippen molar-refractivity contribution in [3.63, 3.8) is 0 Å². The predicted molar refractivity (Wildman–Crippen MR) is 86.7 cm³/mol. The minimum absolute atomic E-state index is 0.129. The number of carbonyl (C=O) groups is 2. The van der Waals surface area contributed by atoms with Gasteiger partial charge >= 0.3 is 6.36 Å². The molecule has 0 aromatic heterocycles. The van der Waals surface area contributed by atoms with Crippen LogP contribution in [-0.2, 0) is 4.79 Å². The van der Waals surface area contributed by atoms with E-state index in [-0.39, 0.29) is 18.1 Å². The average molecular weight is 352 g/mol. The SMILES string of the molecule is CC(=O)c1cccc(NC(=O)CNc2cccc(OC(F)(F)F)c2)c1. The number of hydrogen-bond acceptors (Lipinski definition) is 4. The Bertz CT molecular complexity index is 776. The largest absolute Gasteiger partial charge is 0.573 e. The summed E-state index contributed by atoms with van der Waals surface area (Å²) in [6.45, 7) is 1.25. The van der Waals surface area contributed by atoms with Gasteiger partial charge in [-0.3, -0.25) is 9.59 Å². The maximum atomic E-state index is 12.2. The number of hydrogen-bond donors (Lipinski definition) is 2. The van der Waals surface area contributed by atoms with Crippen LogP contribution in [-0.4, -0.2) is 24.6 Å². The summed E-state index contributed by atoms with van der Waals surface area (Å²) in [4.78, 5) is 23.2. The summed E-state index contributed by atoms with van der Waals surface area (Å²) >= 11 is 0. The van der Waals surface area contributed by atoms with Gasteiger partial charge in [0.05, 0.1) is 6.54 Å². The summed E-state index contributed by atoms with van der Waals surface area (Å²) in [5.74, 6) is -0.925. The first-order chi connectivity index (χ1) is 11.7. The van der Waals surface area contributed by atoms with Crippen LogP contribution < -0.4 is 15.4 Å². The Kier molecular flexibility index (Phi) is 5.63. The van der Waals surface area contributed by atoms with E-state index in [1.165, 1.54) is 25.1 Å². The smallest absolute Gasteiger partial charge is 0.406 e. The predicted octanol–water partition coefficient (Wildman–Crippen LogP) is 3.84. The molecular weight excluding hydrogens is 337 g/mol. The van der Waals surface area contributed by atoms with E-state index in [0.717, 1.165) is 12.1 Å². The number of ether oxygens (including phenoxy) is 1. The first-order valence-corrected chi connectivity index (χ1v) is 7.23. The van der Waals surface area contributed by atoms with Gasteiger partial charge in [0.2, 0.25) is 5.91 Å². The lowest BCUT2D eigenvalue weighted by Gasteiger charge is -2.11. The van der Waals surface area contributed by atoms with Gasteiger partial charge in [-0.1, -0.05) is 18.2 Å². The highest BCUT2D eigenvalue weighted by atomic mass is 19.4. The molecule has 1 amide bonds. The van der Waals surface area contributed by atoms with Gasteiger partial charge in [0.15, 0.2) is 5.78 Å². The molecule has 0 spiro atoms. The molecule has 0 aliphatic carbocycles. The summed E-state index contributed by atoms with van der Waals surface area (Å²) in [5, 5.41) is 5.30. The van der Waals surface area contributed by atoms with Crippen molar-refractivity contribution < 1.29 is 27.5 Å². The van der Waals surface area contributed by atoms with E-state index in [9.17, 15) is 22.8 Å². The van der Waals surface area contributed by atoms with Crippen LogP contribution in [0.15, 0.2) is 48.5 Å². The van der Waals surface area contributed by atoms with Crippen LogP contribution in [0.2, 0.25) is 0 Å². The van der Waals surface area contributed by atoms with Crippen LogP contribution in [0, 0.1) is 0 Å². The Morgan fingerprint density at radius 3 is 2.40 bits per heavy atom. The summed E-state index contributed by atoms with van der Waals surface area (Å²) in [7, 11) is 0. The first kappa shape index (κ1) is 18.3. The van der Waals surface area contributed by atoms with Crippen molar-refractivity contribution >= 4 is 23.1 Å². The number of benzene rings is 2. The fraction of sp³-hybridized carbons (Fsp3) is 0.176.